The van der Waals surface area contributed by atoms with Gasteiger partial charge in [0.05, 0.1) is 4.47 Å². The van der Waals surface area contributed by atoms with Crippen molar-refractivity contribution in [2.24, 2.45) is 0 Å². The lowest BCUT2D eigenvalue weighted by Gasteiger charge is -2.09. The van der Waals surface area contributed by atoms with Crippen molar-refractivity contribution in [1.29, 1.82) is 0 Å². The summed E-state index contributed by atoms with van der Waals surface area (Å²) >= 11 is 5.16. The van der Waals surface area contributed by atoms with Crippen LogP contribution in [0.1, 0.15) is 0 Å². The van der Waals surface area contributed by atoms with Gasteiger partial charge < -0.3 is 10.2 Å². The minimum Gasteiger partial charge on any atom is -0.357 e. The summed E-state index contributed by atoms with van der Waals surface area (Å²) in [5.74, 6) is 1.68. The van der Waals surface area contributed by atoms with E-state index in [2.05, 4.69) is 50.2 Å². The fraction of sp³-hybridized carbons (Fsp3) is 0.556. The third-order valence-corrected chi connectivity index (χ3v) is 3.53. The molecule has 84 valence electrons. The first-order valence-electron chi connectivity index (χ1n) is 4.61. The largest absolute Gasteiger partial charge is 0.357 e. The molecule has 4 nitrogen and oxygen atoms in total. The van der Waals surface area contributed by atoms with Crippen molar-refractivity contribution in [3.05, 3.63) is 10.7 Å². The van der Waals surface area contributed by atoms with Gasteiger partial charge in [0.15, 0.2) is 0 Å². The highest BCUT2D eigenvalue weighted by atomic mass is 79.9. The number of nitrogens with zero attached hydrogens (tertiary/aromatic N) is 3. The van der Waals surface area contributed by atoms with Crippen LogP contribution < -0.4 is 5.32 Å². The van der Waals surface area contributed by atoms with Crippen LogP contribution in [-0.2, 0) is 0 Å². The fourth-order valence-corrected chi connectivity index (χ4v) is 2.42. The van der Waals surface area contributed by atoms with Gasteiger partial charge in [-0.15, -0.1) is 11.8 Å². The molecule has 0 aliphatic carbocycles. The second kappa shape index (κ2) is 6.30. The molecule has 0 radical (unpaired) electrons. The molecule has 15 heavy (non-hydrogen) atoms. The molecule has 0 fully saturated rings. The molecule has 0 bridgehead atoms. The van der Waals surface area contributed by atoms with Crippen molar-refractivity contribution < 1.29 is 0 Å². The second-order valence-electron chi connectivity index (χ2n) is 3.25. The number of anilines is 1. The number of hydrogen-bond acceptors (Lipinski definition) is 5. The van der Waals surface area contributed by atoms with E-state index in [0.717, 1.165) is 21.8 Å². The van der Waals surface area contributed by atoms with Gasteiger partial charge in [-0.3, -0.25) is 0 Å². The normalized spacial score (nSPS) is 10.7. The number of nitrogens with one attached hydrogen (secondary N) is 1. The number of rotatable bonds is 5. The molecule has 0 saturated carbocycles. The lowest BCUT2D eigenvalue weighted by atomic mass is 10.7. The van der Waals surface area contributed by atoms with E-state index in [4.69, 9.17) is 0 Å². The van der Waals surface area contributed by atoms with Gasteiger partial charge >= 0.3 is 0 Å². The molecule has 6 heteroatoms. The third kappa shape index (κ3) is 4.36. The van der Waals surface area contributed by atoms with Gasteiger partial charge in [-0.25, -0.2) is 9.97 Å². The summed E-state index contributed by atoms with van der Waals surface area (Å²) in [7, 11) is 5.95. The molecule has 0 aliphatic rings. The van der Waals surface area contributed by atoms with Gasteiger partial charge in [0.1, 0.15) is 5.03 Å². The predicted molar refractivity (Wildman–Crippen MR) is 68.6 cm³/mol. The quantitative estimate of drug-likeness (QED) is 0.663. The molecular formula is C9H15BrN4S. The van der Waals surface area contributed by atoms with Crippen LogP contribution in [0, 0.1) is 0 Å². The van der Waals surface area contributed by atoms with Crippen molar-refractivity contribution in [2.45, 2.75) is 5.03 Å². The SMILES string of the molecule is CNc1ncc(Br)c(SCCN(C)C)n1. The Kier molecular flexibility index (Phi) is 5.35. The van der Waals surface area contributed by atoms with Gasteiger partial charge in [0, 0.05) is 25.5 Å². The summed E-state index contributed by atoms with van der Waals surface area (Å²) in [5.41, 5.74) is 0. The molecule has 0 atom stereocenters. The van der Waals surface area contributed by atoms with Crippen molar-refractivity contribution >= 4 is 33.6 Å². The minimum atomic E-state index is 0.658. The molecule has 0 aliphatic heterocycles. The number of halogens is 1. The Morgan fingerprint density at radius 1 is 1.53 bits per heavy atom. The predicted octanol–water partition coefficient (Wildman–Crippen LogP) is 1.93. The van der Waals surface area contributed by atoms with Gasteiger partial charge in [-0.2, -0.15) is 0 Å². The van der Waals surface area contributed by atoms with Crippen molar-refractivity contribution in [1.82, 2.24) is 14.9 Å². The molecule has 1 N–H and O–H groups in total. The number of thioether (sulfide) groups is 1. The Morgan fingerprint density at radius 2 is 2.27 bits per heavy atom. The zero-order valence-electron chi connectivity index (χ0n) is 9.12. The van der Waals surface area contributed by atoms with Crippen LogP contribution in [0.3, 0.4) is 0 Å². The monoisotopic (exact) mass is 290 g/mol. The van der Waals surface area contributed by atoms with Crippen LogP contribution >= 0.6 is 27.7 Å². The molecule has 1 aromatic heterocycles. The van der Waals surface area contributed by atoms with E-state index in [1.165, 1.54) is 0 Å². The Bertz CT molecular complexity index is 319. The topological polar surface area (TPSA) is 41.1 Å². The lowest BCUT2D eigenvalue weighted by molar-refractivity contribution is 0.437. The van der Waals surface area contributed by atoms with Crippen LogP contribution in [-0.4, -0.2) is 48.3 Å². The lowest BCUT2D eigenvalue weighted by Crippen LogP contribution is -2.14. The van der Waals surface area contributed by atoms with E-state index in [1.54, 1.807) is 18.0 Å². The highest BCUT2D eigenvalue weighted by Gasteiger charge is 2.04. The van der Waals surface area contributed by atoms with Gasteiger partial charge in [-0.1, -0.05) is 0 Å². The van der Waals surface area contributed by atoms with Gasteiger partial charge in [0.2, 0.25) is 5.95 Å². The summed E-state index contributed by atoms with van der Waals surface area (Å²) < 4.78 is 0.949. The van der Waals surface area contributed by atoms with Gasteiger partial charge in [-0.05, 0) is 30.0 Å². The van der Waals surface area contributed by atoms with E-state index >= 15 is 0 Å². The maximum atomic E-state index is 4.36. The Balaban J connectivity index is 2.59. The van der Waals surface area contributed by atoms with E-state index in [1.807, 2.05) is 7.05 Å². The summed E-state index contributed by atoms with van der Waals surface area (Å²) in [6.07, 6.45) is 1.77. The average Bonchev–Trinajstić information content (AvgIpc) is 2.20. The van der Waals surface area contributed by atoms with Crippen LogP contribution in [0.5, 0.6) is 0 Å². The highest BCUT2D eigenvalue weighted by Crippen LogP contribution is 2.25. The molecule has 0 amide bonds. The molecule has 0 spiro atoms. The summed E-state index contributed by atoms with van der Waals surface area (Å²) in [6, 6.07) is 0. The van der Waals surface area contributed by atoms with Crippen molar-refractivity contribution in [3.8, 4) is 0 Å². The Hall–Kier alpha value is -0.330. The maximum Gasteiger partial charge on any atom is 0.223 e. The maximum absolute atomic E-state index is 4.36. The van der Waals surface area contributed by atoms with E-state index in [0.29, 0.717) is 5.95 Å². The minimum absolute atomic E-state index is 0.658. The number of hydrogen-bond donors (Lipinski definition) is 1. The van der Waals surface area contributed by atoms with E-state index < -0.39 is 0 Å². The van der Waals surface area contributed by atoms with Crippen LogP contribution in [0.4, 0.5) is 5.95 Å². The van der Waals surface area contributed by atoms with Crippen LogP contribution in [0.2, 0.25) is 0 Å². The Morgan fingerprint density at radius 3 is 2.87 bits per heavy atom. The second-order valence-corrected chi connectivity index (χ2v) is 5.19. The van der Waals surface area contributed by atoms with Crippen LogP contribution in [0.15, 0.2) is 15.7 Å². The number of aromatic nitrogens is 2. The molecular weight excluding hydrogens is 276 g/mol. The third-order valence-electron chi connectivity index (χ3n) is 1.71. The average molecular weight is 291 g/mol. The zero-order valence-corrected chi connectivity index (χ0v) is 11.5. The van der Waals surface area contributed by atoms with E-state index in [9.17, 15) is 0 Å². The zero-order chi connectivity index (χ0) is 11.3. The first-order valence-corrected chi connectivity index (χ1v) is 6.39. The molecule has 1 rings (SSSR count). The molecule has 0 unspecified atom stereocenters. The standard InChI is InChI=1S/C9H15BrN4S/c1-11-9-12-6-7(10)8(13-9)15-5-4-14(2)3/h6H,4-5H2,1-3H3,(H,11,12,13). The smallest absolute Gasteiger partial charge is 0.223 e. The first kappa shape index (κ1) is 12.7. The summed E-state index contributed by atoms with van der Waals surface area (Å²) in [4.78, 5) is 10.6. The first-order chi connectivity index (χ1) is 7.13. The van der Waals surface area contributed by atoms with Crippen molar-refractivity contribution in [3.63, 3.8) is 0 Å². The van der Waals surface area contributed by atoms with Gasteiger partial charge in [0.25, 0.3) is 0 Å². The van der Waals surface area contributed by atoms with Crippen LogP contribution in [0.25, 0.3) is 0 Å². The highest BCUT2D eigenvalue weighted by molar-refractivity contribution is 9.10. The summed E-state index contributed by atoms with van der Waals surface area (Å²) in [5, 5.41) is 3.91. The van der Waals surface area contributed by atoms with Crippen molar-refractivity contribution in [2.75, 3.05) is 38.8 Å². The molecule has 1 aromatic rings. The molecule has 1 heterocycles. The molecule has 0 saturated heterocycles. The fourth-order valence-electron chi connectivity index (χ4n) is 0.898. The van der Waals surface area contributed by atoms with E-state index in [-0.39, 0.29) is 0 Å². The Labute approximate surface area is 103 Å². The summed E-state index contributed by atoms with van der Waals surface area (Å²) in [6.45, 7) is 1.04. The molecule has 0 aromatic carbocycles.